The van der Waals surface area contributed by atoms with Gasteiger partial charge in [-0.15, -0.1) is 5.10 Å². The maximum absolute atomic E-state index is 15.0. The number of piperidine rings is 1. The van der Waals surface area contributed by atoms with Crippen molar-refractivity contribution < 1.29 is 13.9 Å². The van der Waals surface area contributed by atoms with Crippen molar-refractivity contribution in [2.75, 3.05) is 29.4 Å². The van der Waals surface area contributed by atoms with Crippen molar-refractivity contribution in [2.45, 2.75) is 44.9 Å². The van der Waals surface area contributed by atoms with Crippen LogP contribution in [-0.4, -0.2) is 52.9 Å². The van der Waals surface area contributed by atoms with Crippen molar-refractivity contribution >= 4 is 17.5 Å². The lowest BCUT2D eigenvalue weighted by molar-refractivity contribution is 0.129. The molecule has 0 saturated carbocycles. The summed E-state index contributed by atoms with van der Waals surface area (Å²) in [7, 11) is 0. The molecule has 11 heteroatoms. The number of ether oxygens (including phenoxy) is 1. The maximum Gasteiger partial charge on any atom is 0.414 e. The van der Waals surface area contributed by atoms with Gasteiger partial charge in [-0.05, 0) is 37.5 Å². The van der Waals surface area contributed by atoms with E-state index in [1.807, 2.05) is 11.8 Å². The number of carbonyl (C=O) groups is 1. The van der Waals surface area contributed by atoms with E-state index >= 15 is 0 Å². The van der Waals surface area contributed by atoms with Crippen LogP contribution in [0.1, 0.15) is 26.2 Å². The van der Waals surface area contributed by atoms with Gasteiger partial charge in [-0.25, -0.2) is 19.4 Å². The molecule has 1 aromatic heterocycles. The molecule has 1 atom stereocenters. The van der Waals surface area contributed by atoms with E-state index in [1.54, 1.807) is 35.4 Å². The van der Waals surface area contributed by atoms with Crippen molar-refractivity contribution in [1.29, 1.82) is 5.53 Å². The monoisotopic (exact) mass is 442 g/mol. The molecule has 32 heavy (non-hydrogen) atoms. The molecule has 2 aromatic rings. The lowest BCUT2D eigenvalue weighted by Gasteiger charge is -2.34. The largest absolute Gasteiger partial charge is 0.442 e. The third kappa shape index (κ3) is 4.87. The molecule has 0 bridgehead atoms. The molecule has 0 unspecified atom stereocenters. The van der Waals surface area contributed by atoms with Crippen molar-refractivity contribution in [3.63, 3.8) is 0 Å². The van der Waals surface area contributed by atoms with Crippen LogP contribution < -0.4 is 15.1 Å². The van der Waals surface area contributed by atoms with Crippen LogP contribution in [-0.2, 0) is 11.3 Å². The molecule has 2 aliphatic heterocycles. The van der Waals surface area contributed by atoms with Gasteiger partial charge < -0.3 is 15.0 Å². The van der Waals surface area contributed by atoms with Gasteiger partial charge >= 0.3 is 6.09 Å². The molecule has 3 heterocycles. The first kappa shape index (κ1) is 21.7. The summed E-state index contributed by atoms with van der Waals surface area (Å²) in [5.41, 5.74) is 8.84. The molecule has 4 rings (SSSR count). The Kier molecular flexibility index (Phi) is 6.62. The SMILES string of the molecule is CC/C(=C/NC1CCN(c2ccc(N3C[C@H](Cn4ccnn4)OC3=O)cc2F)CC1)N=N. The summed E-state index contributed by atoms with van der Waals surface area (Å²) < 4.78 is 22.0. The molecule has 170 valence electrons. The first-order valence-electron chi connectivity index (χ1n) is 10.8. The van der Waals surface area contributed by atoms with E-state index in [-0.39, 0.29) is 18.0 Å². The number of anilines is 2. The molecule has 2 N–H and O–H groups in total. The van der Waals surface area contributed by atoms with Crippen molar-refractivity contribution in [1.82, 2.24) is 20.3 Å². The third-order valence-corrected chi connectivity index (χ3v) is 5.81. The molecule has 2 aliphatic rings. The van der Waals surface area contributed by atoms with Crippen molar-refractivity contribution in [3.05, 3.63) is 48.3 Å². The number of nitrogens with zero attached hydrogens (tertiary/aromatic N) is 6. The standard InChI is InChI=1S/C21H27FN8O2/c1-2-15(26-23)12-24-16-5-8-28(9-6-16)20-4-3-17(11-19(20)22)30-14-18(32-21(30)31)13-29-10-7-25-27-29/h3-4,7,10-12,16,18,23-24H,2,5-6,8-9,13-14H2,1H3/b15-12-,26-23?/t18-/m0/s1. The van der Waals surface area contributed by atoms with Gasteiger partial charge in [-0.3, -0.25) is 4.90 Å². The fraction of sp³-hybridized carbons (Fsp3) is 0.476. The van der Waals surface area contributed by atoms with Crippen molar-refractivity contribution in [2.24, 2.45) is 5.11 Å². The number of cyclic esters (lactones) is 1. The Morgan fingerprint density at radius 3 is 2.88 bits per heavy atom. The Morgan fingerprint density at radius 1 is 1.41 bits per heavy atom. The minimum atomic E-state index is -0.493. The Morgan fingerprint density at radius 2 is 2.22 bits per heavy atom. The Hall–Kier alpha value is -3.50. The minimum absolute atomic E-state index is 0.276. The fourth-order valence-corrected chi connectivity index (χ4v) is 4.00. The normalized spacial score (nSPS) is 19.9. The average molecular weight is 442 g/mol. The maximum atomic E-state index is 15.0. The van der Waals surface area contributed by atoms with Crippen LogP contribution in [0.5, 0.6) is 0 Å². The van der Waals surface area contributed by atoms with E-state index in [0.29, 0.717) is 49.7 Å². The number of aromatic nitrogens is 3. The second-order valence-electron chi connectivity index (χ2n) is 7.91. The smallest absolute Gasteiger partial charge is 0.414 e. The van der Waals surface area contributed by atoms with Crippen LogP contribution in [0.3, 0.4) is 0 Å². The first-order valence-corrected chi connectivity index (χ1v) is 10.8. The van der Waals surface area contributed by atoms with Gasteiger partial charge in [0.1, 0.15) is 11.9 Å². The van der Waals surface area contributed by atoms with E-state index in [4.69, 9.17) is 10.3 Å². The van der Waals surface area contributed by atoms with Gasteiger partial charge in [0.15, 0.2) is 0 Å². The number of halogens is 1. The zero-order valence-electron chi connectivity index (χ0n) is 17.9. The number of allylic oxidation sites excluding steroid dienone is 1. The minimum Gasteiger partial charge on any atom is -0.442 e. The summed E-state index contributed by atoms with van der Waals surface area (Å²) in [6.45, 7) is 4.11. The highest BCUT2D eigenvalue weighted by atomic mass is 19.1. The predicted octanol–water partition coefficient (Wildman–Crippen LogP) is 3.28. The number of benzene rings is 1. The van der Waals surface area contributed by atoms with Crippen LogP contribution in [0.2, 0.25) is 0 Å². The zero-order chi connectivity index (χ0) is 22.5. The zero-order valence-corrected chi connectivity index (χ0v) is 17.9. The lowest BCUT2D eigenvalue weighted by Crippen LogP contribution is -2.41. The van der Waals surface area contributed by atoms with Gasteiger partial charge in [-0.1, -0.05) is 12.1 Å². The topological polar surface area (TPSA) is 112 Å². The summed E-state index contributed by atoms with van der Waals surface area (Å²) in [5.74, 6) is -0.359. The van der Waals surface area contributed by atoms with Crippen LogP contribution in [0.25, 0.3) is 0 Å². The van der Waals surface area contributed by atoms with Gasteiger partial charge in [0.05, 0.1) is 36.4 Å². The highest BCUT2D eigenvalue weighted by Gasteiger charge is 2.33. The van der Waals surface area contributed by atoms with Crippen molar-refractivity contribution in [3.8, 4) is 0 Å². The number of rotatable bonds is 8. The molecule has 2 fully saturated rings. The van der Waals surface area contributed by atoms with Gasteiger partial charge in [-0.2, -0.15) is 5.11 Å². The second kappa shape index (κ2) is 9.75. The quantitative estimate of drug-likeness (QED) is 0.607. The third-order valence-electron chi connectivity index (χ3n) is 5.81. The lowest BCUT2D eigenvalue weighted by atomic mass is 10.0. The number of amides is 1. The molecule has 1 aromatic carbocycles. The molecule has 1 amide bonds. The summed E-state index contributed by atoms with van der Waals surface area (Å²) >= 11 is 0. The number of carbonyl (C=O) groups excluding carboxylic acids is 1. The second-order valence-corrected chi connectivity index (χ2v) is 7.91. The molecule has 2 saturated heterocycles. The van der Waals surface area contributed by atoms with Gasteiger partial charge in [0.2, 0.25) is 0 Å². The molecular formula is C21H27FN8O2. The fourth-order valence-electron chi connectivity index (χ4n) is 4.00. The first-order chi connectivity index (χ1) is 15.6. The van der Waals surface area contributed by atoms with Crippen LogP contribution in [0.4, 0.5) is 20.6 Å². The Bertz CT molecular complexity index is 972. The van der Waals surface area contributed by atoms with E-state index in [1.165, 1.54) is 11.0 Å². The van der Waals surface area contributed by atoms with E-state index < -0.39 is 6.09 Å². The summed E-state index contributed by atoms with van der Waals surface area (Å²) in [6.07, 6.45) is 6.62. The summed E-state index contributed by atoms with van der Waals surface area (Å²) in [6, 6.07) is 5.15. The molecule has 10 nitrogen and oxygen atoms in total. The number of hydrogen-bond acceptors (Lipinski definition) is 8. The van der Waals surface area contributed by atoms with Gasteiger partial charge in [0, 0.05) is 31.5 Å². The highest BCUT2D eigenvalue weighted by molar-refractivity contribution is 5.90. The number of hydrogen-bond donors (Lipinski definition) is 2. The predicted molar refractivity (Wildman–Crippen MR) is 116 cm³/mol. The Labute approximate surface area is 185 Å². The number of nitrogens with one attached hydrogen (secondary N) is 2. The molecule has 0 radical (unpaired) electrons. The Balaban J connectivity index is 1.35. The molecular weight excluding hydrogens is 415 g/mol. The average Bonchev–Trinajstić information content (AvgIpc) is 3.44. The van der Waals surface area contributed by atoms with E-state index in [2.05, 4.69) is 20.7 Å². The van der Waals surface area contributed by atoms with Gasteiger partial charge in [0.25, 0.3) is 0 Å². The summed E-state index contributed by atoms with van der Waals surface area (Å²) in [4.78, 5) is 15.8. The van der Waals surface area contributed by atoms with Crippen LogP contribution >= 0.6 is 0 Å². The highest BCUT2D eigenvalue weighted by Crippen LogP contribution is 2.29. The summed E-state index contributed by atoms with van der Waals surface area (Å²) in [5, 5.41) is 14.4. The molecule has 0 aliphatic carbocycles. The van der Waals surface area contributed by atoms with E-state index in [0.717, 1.165) is 12.8 Å². The van der Waals surface area contributed by atoms with Crippen LogP contribution in [0, 0.1) is 11.3 Å². The van der Waals surface area contributed by atoms with Crippen LogP contribution in [0.15, 0.2) is 47.6 Å². The molecule has 0 spiro atoms. The van der Waals surface area contributed by atoms with E-state index in [9.17, 15) is 9.18 Å².